The molecule has 2 aromatic carbocycles. The molecule has 0 radical (unpaired) electrons. The Bertz CT molecular complexity index is 1610. The number of nitrogens with zero attached hydrogens (tertiary/aromatic N) is 2. The molecule has 254 valence electrons. The van der Waals surface area contributed by atoms with Crippen LogP contribution in [-0.2, 0) is 13.2 Å². The second-order valence-corrected chi connectivity index (χ2v) is 25.8. The van der Waals surface area contributed by atoms with Crippen molar-refractivity contribution in [2.75, 3.05) is 13.2 Å². The summed E-state index contributed by atoms with van der Waals surface area (Å²) in [6, 6.07) is 19.7. The molecular formula is C36H42Cl2N2O6Si2. The second kappa shape index (κ2) is 16.6. The molecule has 0 aliphatic rings. The van der Waals surface area contributed by atoms with E-state index in [-0.39, 0.29) is 25.0 Å². The van der Waals surface area contributed by atoms with Crippen molar-refractivity contribution in [3.05, 3.63) is 93.0 Å². The van der Waals surface area contributed by atoms with Crippen LogP contribution in [0.25, 0.3) is 11.1 Å². The number of aldehydes is 2. The Labute approximate surface area is 294 Å². The fourth-order valence-electron chi connectivity index (χ4n) is 4.45. The summed E-state index contributed by atoms with van der Waals surface area (Å²) >= 11 is 13.8. The molecule has 0 saturated carbocycles. The molecule has 0 bridgehead atoms. The summed E-state index contributed by atoms with van der Waals surface area (Å²) in [5.41, 5.74) is 3.67. The van der Waals surface area contributed by atoms with Crippen molar-refractivity contribution in [3.8, 4) is 34.6 Å². The monoisotopic (exact) mass is 724 g/mol. The summed E-state index contributed by atoms with van der Waals surface area (Å²) in [6.45, 7) is 14.8. The summed E-state index contributed by atoms with van der Waals surface area (Å²) in [7, 11) is -2.63. The van der Waals surface area contributed by atoms with E-state index >= 15 is 0 Å². The van der Waals surface area contributed by atoms with Crippen molar-refractivity contribution in [1.82, 2.24) is 9.97 Å². The first-order chi connectivity index (χ1) is 22.8. The normalized spacial score (nSPS) is 11.6. The van der Waals surface area contributed by atoms with Gasteiger partial charge in [0.05, 0.1) is 34.4 Å². The third-order valence-electron chi connectivity index (χ3n) is 7.36. The molecule has 0 saturated heterocycles. The number of benzene rings is 2. The highest BCUT2D eigenvalue weighted by Gasteiger charge is 2.18. The Morgan fingerprint density at radius 2 is 0.979 bits per heavy atom. The molecule has 0 amide bonds. The van der Waals surface area contributed by atoms with Gasteiger partial charge < -0.3 is 18.9 Å². The van der Waals surface area contributed by atoms with Crippen LogP contribution in [0.1, 0.15) is 31.8 Å². The predicted octanol–water partition coefficient (Wildman–Crippen LogP) is 9.67. The summed E-state index contributed by atoms with van der Waals surface area (Å²) in [5, 5.41) is 0.972. The standard InChI is InChI=1S/C36H42Cl2N2O6Si2/c1-47(2,3)19-17-43-35-25(21-41)13-15-31(39-35)45-23-27-9-7-11-29(33(27)37)30-12-8-10-28(34(30)38)24-46-32-16-14-26(22-42)36(40-32)44-18-20-48(4,5)6/h7-16,21-22H,17-20,23-24H2,1-6H3. The fraction of sp³-hybridized carbons (Fsp3) is 0.333. The summed E-state index contributed by atoms with van der Waals surface area (Å²) in [4.78, 5) is 32.0. The maximum atomic E-state index is 11.6. The van der Waals surface area contributed by atoms with Gasteiger partial charge in [-0.15, -0.1) is 0 Å². The maximum absolute atomic E-state index is 11.6. The number of ether oxygens (including phenoxy) is 4. The molecule has 4 aromatic rings. The van der Waals surface area contributed by atoms with Gasteiger partial charge in [0.2, 0.25) is 23.5 Å². The van der Waals surface area contributed by atoms with Gasteiger partial charge in [-0.2, -0.15) is 9.97 Å². The molecule has 0 spiro atoms. The van der Waals surface area contributed by atoms with Gasteiger partial charge in [0.15, 0.2) is 12.6 Å². The van der Waals surface area contributed by atoms with Crippen molar-refractivity contribution in [1.29, 1.82) is 0 Å². The van der Waals surface area contributed by atoms with E-state index in [0.29, 0.717) is 46.1 Å². The van der Waals surface area contributed by atoms with Crippen LogP contribution in [0.4, 0.5) is 0 Å². The first kappa shape index (κ1) is 37.1. The Morgan fingerprint density at radius 1 is 0.583 bits per heavy atom. The third-order valence-corrected chi connectivity index (χ3v) is 11.7. The molecule has 12 heteroatoms. The lowest BCUT2D eigenvalue weighted by atomic mass is 10.0. The first-order valence-corrected chi connectivity index (χ1v) is 23.9. The van der Waals surface area contributed by atoms with Gasteiger partial charge in [0.25, 0.3) is 0 Å². The molecule has 0 N–H and O–H groups in total. The van der Waals surface area contributed by atoms with E-state index in [1.165, 1.54) is 0 Å². The Balaban J connectivity index is 1.46. The highest BCUT2D eigenvalue weighted by atomic mass is 35.5. The van der Waals surface area contributed by atoms with Gasteiger partial charge in [-0.05, 0) is 24.2 Å². The smallest absolute Gasteiger partial charge is 0.227 e. The molecule has 0 atom stereocenters. The first-order valence-electron chi connectivity index (χ1n) is 15.8. The van der Waals surface area contributed by atoms with Crippen molar-refractivity contribution in [2.24, 2.45) is 0 Å². The predicted molar refractivity (Wildman–Crippen MR) is 197 cm³/mol. The minimum absolute atomic E-state index is 0.139. The molecule has 0 fully saturated rings. The van der Waals surface area contributed by atoms with Crippen LogP contribution in [0.3, 0.4) is 0 Å². The van der Waals surface area contributed by atoms with Crippen molar-refractivity contribution >= 4 is 51.9 Å². The molecule has 48 heavy (non-hydrogen) atoms. The van der Waals surface area contributed by atoms with Gasteiger partial charge in [-0.1, -0.05) is 98.9 Å². The van der Waals surface area contributed by atoms with E-state index in [2.05, 4.69) is 49.3 Å². The Kier molecular flexibility index (Phi) is 12.8. The van der Waals surface area contributed by atoms with Crippen LogP contribution in [0.5, 0.6) is 23.5 Å². The zero-order valence-electron chi connectivity index (χ0n) is 28.3. The summed E-state index contributed by atoms with van der Waals surface area (Å²) in [6.07, 6.45) is 1.46. The Hall–Kier alpha value is -3.71. The molecule has 4 rings (SSSR count). The van der Waals surface area contributed by atoms with Gasteiger partial charge in [-0.3, -0.25) is 9.59 Å². The maximum Gasteiger partial charge on any atom is 0.227 e. The average Bonchev–Trinajstić information content (AvgIpc) is 3.03. The molecule has 2 heterocycles. The van der Waals surface area contributed by atoms with Gasteiger partial charge in [0.1, 0.15) is 13.2 Å². The third kappa shape index (κ3) is 10.6. The van der Waals surface area contributed by atoms with Crippen LogP contribution < -0.4 is 18.9 Å². The van der Waals surface area contributed by atoms with Crippen LogP contribution in [0.2, 0.25) is 61.4 Å². The minimum Gasteiger partial charge on any atom is -0.477 e. The lowest BCUT2D eigenvalue weighted by Gasteiger charge is -2.17. The second-order valence-electron chi connectivity index (χ2n) is 13.8. The molecule has 8 nitrogen and oxygen atoms in total. The molecule has 0 aliphatic carbocycles. The van der Waals surface area contributed by atoms with Gasteiger partial charge in [-0.25, -0.2) is 0 Å². The van der Waals surface area contributed by atoms with Crippen LogP contribution in [0.15, 0.2) is 60.7 Å². The fourth-order valence-corrected chi connectivity index (χ4v) is 6.44. The van der Waals surface area contributed by atoms with E-state index in [4.69, 9.17) is 42.1 Å². The number of hydrogen-bond donors (Lipinski definition) is 0. The van der Waals surface area contributed by atoms with Crippen LogP contribution in [0, 0.1) is 0 Å². The number of aromatic nitrogens is 2. The number of carbonyl (C=O) groups excluding carboxylic acids is 2. The van der Waals surface area contributed by atoms with Crippen LogP contribution in [-0.4, -0.2) is 51.9 Å². The molecule has 2 aromatic heterocycles. The molecule has 0 unspecified atom stereocenters. The summed E-state index contributed by atoms with van der Waals surface area (Å²) in [5.74, 6) is 1.16. The lowest BCUT2D eigenvalue weighted by Crippen LogP contribution is -2.22. The number of rotatable bonds is 17. The zero-order valence-corrected chi connectivity index (χ0v) is 31.8. The summed E-state index contributed by atoms with van der Waals surface area (Å²) < 4.78 is 23.7. The van der Waals surface area contributed by atoms with E-state index in [9.17, 15) is 9.59 Å². The number of pyridine rings is 2. The minimum atomic E-state index is -1.31. The van der Waals surface area contributed by atoms with E-state index < -0.39 is 16.1 Å². The van der Waals surface area contributed by atoms with E-state index in [0.717, 1.165) is 46.9 Å². The zero-order chi connectivity index (χ0) is 34.9. The average molecular weight is 726 g/mol. The number of carbonyl (C=O) groups is 2. The quantitative estimate of drug-likeness (QED) is 0.0785. The van der Waals surface area contributed by atoms with Crippen molar-refractivity contribution < 1.29 is 28.5 Å². The Morgan fingerprint density at radius 3 is 1.33 bits per heavy atom. The highest BCUT2D eigenvalue weighted by Crippen LogP contribution is 2.37. The molecule has 0 aliphatic heterocycles. The van der Waals surface area contributed by atoms with E-state index in [1.54, 1.807) is 24.3 Å². The number of halogens is 2. The topological polar surface area (TPSA) is 96.8 Å². The SMILES string of the molecule is C[Si](C)(C)CCOc1nc(OCc2cccc(-c3cccc(COc4ccc(C=O)c(OCC[Si](C)(C)C)n4)c3Cl)c2Cl)ccc1C=O. The van der Waals surface area contributed by atoms with Crippen molar-refractivity contribution in [2.45, 2.75) is 64.6 Å². The van der Waals surface area contributed by atoms with Crippen molar-refractivity contribution in [3.63, 3.8) is 0 Å². The number of hydrogen-bond acceptors (Lipinski definition) is 8. The van der Waals surface area contributed by atoms with Gasteiger partial charge in [0, 0.05) is 50.5 Å². The van der Waals surface area contributed by atoms with Gasteiger partial charge >= 0.3 is 0 Å². The van der Waals surface area contributed by atoms with Crippen LogP contribution >= 0.6 is 23.2 Å². The largest absolute Gasteiger partial charge is 0.477 e. The molecular weight excluding hydrogens is 683 g/mol. The van der Waals surface area contributed by atoms with E-state index in [1.807, 2.05) is 36.4 Å². The lowest BCUT2D eigenvalue weighted by molar-refractivity contribution is 0.111. The highest BCUT2D eigenvalue weighted by molar-refractivity contribution is 6.76.